The van der Waals surface area contributed by atoms with Gasteiger partial charge in [-0.25, -0.2) is 0 Å². The Labute approximate surface area is 120 Å². The van der Waals surface area contributed by atoms with Crippen LogP contribution < -0.4 is 4.90 Å². The molecule has 0 N–H and O–H groups in total. The van der Waals surface area contributed by atoms with Crippen LogP contribution in [-0.4, -0.2) is 12.5 Å². The van der Waals surface area contributed by atoms with E-state index >= 15 is 0 Å². The standard InChI is InChI=1S/C18H19NO/c1-2-19(17-13-7-4-8-14-17)18(20)15-9-12-16-10-5-3-6-11-16/h3-14H,2,15H2,1H3/b12-9+. The number of para-hydroxylation sites is 1. The van der Waals surface area contributed by atoms with E-state index in [-0.39, 0.29) is 5.91 Å². The molecular formula is C18H19NO. The van der Waals surface area contributed by atoms with Crippen molar-refractivity contribution in [2.45, 2.75) is 13.3 Å². The van der Waals surface area contributed by atoms with Crippen molar-refractivity contribution in [1.29, 1.82) is 0 Å². The summed E-state index contributed by atoms with van der Waals surface area (Å²) in [6.07, 6.45) is 4.32. The predicted octanol–water partition coefficient (Wildman–Crippen LogP) is 4.14. The molecule has 0 aromatic heterocycles. The summed E-state index contributed by atoms with van der Waals surface area (Å²) in [6.45, 7) is 2.67. The van der Waals surface area contributed by atoms with Gasteiger partial charge in [0.15, 0.2) is 0 Å². The Morgan fingerprint density at radius 2 is 1.60 bits per heavy atom. The van der Waals surface area contributed by atoms with Crippen molar-refractivity contribution in [3.8, 4) is 0 Å². The maximum atomic E-state index is 12.2. The van der Waals surface area contributed by atoms with Crippen molar-refractivity contribution in [2.24, 2.45) is 0 Å². The molecule has 0 unspecified atom stereocenters. The SMILES string of the molecule is CCN(C(=O)C/C=C/c1ccccc1)c1ccccc1. The number of rotatable bonds is 5. The van der Waals surface area contributed by atoms with Gasteiger partial charge in [-0.2, -0.15) is 0 Å². The summed E-state index contributed by atoms with van der Waals surface area (Å²) in [6, 6.07) is 19.8. The molecule has 0 atom stereocenters. The molecule has 0 aliphatic heterocycles. The molecule has 1 amide bonds. The molecule has 2 heteroatoms. The van der Waals surface area contributed by atoms with E-state index in [2.05, 4.69) is 0 Å². The van der Waals surface area contributed by atoms with Crippen molar-refractivity contribution in [3.05, 3.63) is 72.3 Å². The lowest BCUT2D eigenvalue weighted by Gasteiger charge is -2.20. The van der Waals surface area contributed by atoms with Crippen molar-refractivity contribution < 1.29 is 4.79 Å². The molecule has 0 fully saturated rings. The first-order chi connectivity index (χ1) is 9.81. The second-order valence-corrected chi connectivity index (χ2v) is 4.49. The molecule has 0 saturated heterocycles. The van der Waals surface area contributed by atoms with Crippen LogP contribution in [0.2, 0.25) is 0 Å². The van der Waals surface area contributed by atoms with E-state index in [1.54, 1.807) is 4.90 Å². The molecular weight excluding hydrogens is 246 g/mol. The van der Waals surface area contributed by atoms with Crippen LogP contribution in [0.15, 0.2) is 66.7 Å². The molecule has 20 heavy (non-hydrogen) atoms. The fraction of sp³-hybridized carbons (Fsp3) is 0.167. The predicted molar refractivity (Wildman–Crippen MR) is 84.6 cm³/mol. The molecule has 0 radical (unpaired) electrons. The van der Waals surface area contributed by atoms with Crippen LogP contribution in [-0.2, 0) is 4.79 Å². The van der Waals surface area contributed by atoms with Crippen LogP contribution in [0, 0.1) is 0 Å². The Kier molecular flexibility index (Phi) is 5.13. The van der Waals surface area contributed by atoms with E-state index in [1.807, 2.05) is 79.7 Å². The van der Waals surface area contributed by atoms with Gasteiger partial charge in [0.2, 0.25) is 5.91 Å². The van der Waals surface area contributed by atoms with E-state index in [0.717, 1.165) is 11.3 Å². The van der Waals surface area contributed by atoms with Gasteiger partial charge in [-0.05, 0) is 24.6 Å². The van der Waals surface area contributed by atoms with Crippen molar-refractivity contribution in [1.82, 2.24) is 0 Å². The highest BCUT2D eigenvalue weighted by molar-refractivity contribution is 5.94. The van der Waals surface area contributed by atoms with Gasteiger partial charge in [0.1, 0.15) is 0 Å². The van der Waals surface area contributed by atoms with Crippen molar-refractivity contribution >= 4 is 17.7 Å². The van der Waals surface area contributed by atoms with Gasteiger partial charge in [0.05, 0.1) is 0 Å². The summed E-state index contributed by atoms with van der Waals surface area (Å²) in [4.78, 5) is 14.0. The molecule has 2 aromatic carbocycles. The van der Waals surface area contributed by atoms with Crippen LogP contribution in [0.3, 0.4) is 0 Å². The number of carbonyl (C=O) groups excluding carboxylic acids is 1. The lowest BCUT2D eigenvalue weighted by atomic mass is 10.2. The van der Waals surface area contributed by atoms with Gasteiger partial charge < -0.3 is 4.90 Å². The Balaban J connectivity index is 1.99. The summed E-state index contributed by atoms with van der Waals surface area (Å²) >= 11 is 0. The molecule has 2 rings (SSSR count). The number of carbonyl (C=O) groups is 1. The Bertz CT molecular complexity index is 560. The maximum absolute atomic E-state index is 12.2. The summed E-state index contributed by atoms with van der Waals surface area (Å²) in [5.74, 6) is 0.117. The lowest BCUT2D eigenvalue weighted by molar-refractivity contribution is -0.117. The zero-order valence-corrected chi connectivity index (χ0v) is 11.7. The smallest absolute Gasteiger partial charge is 0.230 e. The third-order valence-corrected chi connectivity index (χ3v) is 3.09. The third kappa shape index (κ3) is 3.82. The first-order valence-corrected chi connectivity index (χ1v) is 6.88. The van der Waals surface area contributed by atoms with Crippen molar-refractivity contribution in [3.63, 3.8) is 0 Å². The highest BCUT2D eigenvalue weighted by Gasteiger charge is 2.11. The van der Waals surface area contributed by atoms with E-state index in [1.165, 1.54) is 0 Å². The molecule has 0 spiro atoms. The minimum Gasteiger partial charge on any atom is -0.312 e. The van der Waals surface area contributed by atoms with Gasteiger partial charge >= 0.3 is 0 Å². The number of hydrogen-bond donors (Lipinski definition) is 0. The van der Waals surface area contributed by atoms with Gasteiger partial charge in [-0.15, -0.1) is 0 Å². The average molecular weight is 265 g/mol. The zero-order chi connectivity index (χ0) is 14.2. The zero-order valence-electron chi connectivity index (χ0n) is 11.7. The Hall–Kier alpha value is -2.35. The Morgan fingerprint density at radius 3 is 2.20 bits per heavy atom. The molecule has 0 saturated carbocycles. The van der Waals surface area contributed by atoms with Gasteiger partial charge in [0.25, 0.3) is 0 Å². The molecule has 2 nitrogen and oxygen atoms in total. The minimum absolute atomic E-state index is 0.117. The largest absolute Gasteiger partial charge is 0.312 e. The van der Waals surface area contributed by atoms with Gasteiger partial charge in [-0.1, -0.05) is 60.7 Å². The molecule has 0 aliphatic rings. The number of anilines is 1. The Morgan fingerprint density at radius 1 is 1.00 bits per heavy atom. The van der Waals surface area contributed by atoms with E-state index in [4.69, 9.17) is 0 Å². The minimum atomic E-state index is 0.117. The summed E-state index contributed by atoms with van der Waals surface area (Å²) in [5, 5.41) is 0. The van der Waals surface area contributed by atoms with E-state index < -0.39 is 0 Å². The fourth-order valence-electron chi connectivity index (χ4n) is 2.08. The fourth-order valence-corrected chi connectivity index (χ4v) is 2.08. The summed E-state index contributed by atoms with van der Waals surface area (Å²) in [7, 11) is 0. The second kappa shape index (κ2) is 7.29. The molecule has 0 aliphatic carbocycles. The highest BCUT2D eigenvalue weighted by atomic mass is 16.2. The lowest BCUT2D eigenvalue weighted by Crippen LogP contribution is -2.29. The monoisotopic (exact) mass is 265 g/mol. The molecule has 2 aromatic rings. The average Bonchev–Trinajstić information content (AvgIpc) is 2.50. The first kappa shape index (κ1) is 14.1. The summed E-state index contributed by atoms with van der Waals surface area (Å²) < 4.78 is 0. The molecule has 0 heterocycles. The molecule has 102 valence electrons. The number of amides is 1. The van der Waals surface area contributed by atoms with Crippen LogP contribution in [0.1, 0.15) is 18.9 Å². The topological polar surface area (TPSA) is 20.3 Å². The van der Waals surface area contributed by atoms with E-state index in [0.29, 0.717) is 13.0 Å². The van der Waals surface area contributed by atoms with Crippen LogP contribution in [0.5, 0.6) is 0 Å². The maximum Gasteiger partial charge on any atom is 0.230 e. The second-order valence-electron chi connectivity index (χ2n) is 4.49. The van der Waals surface area contributed by atoms with E-state index in [9.17, 15) is 4.79 Å². The highest BCUT2D eigenvalue weighted by Crippen LogP contribution is 2.14. The first-order valence-electron chi connectivity index (χ1n) is 6.88. The number of benzene rings is 2. The van der Waals surface area contributed by atoms with Crippen molar-refractivity contribution in [2.75, 3.05) is 11.4 Å². The van der Waals surface area contributed by atoms with Crippen LogP contribution >= 0.6 is 0 Å². The molecule has 0 bridgehead atoms. The van der Waals surface area contributed by atoms with Gasteiger partial charge in [0, 0.05) is 18.7 Å². The number of hydrogen-bond acceptors (Lipinski definition) is 1. The summed E-state index contributed by atoms with van der Waals surface area (Å²) in [5.41, 5.74) is 2.07. The normalized spacial score (nSPS) is 10.7. The van der Waals surface area contributed by atoms with Gasteiger partial charge in [-0.3, -0.25) is 4.79 Å². The van der Waals surface area contributed by atoms with Crippen LogP contribution in [0.25, 0.3) is 6.08 Å². The number of nitrogens with zero attached hydrogens (tertiary/aromatic N) is 1. The third-order valence-electron chi connectivity index (χ3n) is 3.09. The quantitative estimate of drug-likeness (QED) is 0.795. The van der Waals surface area contributed by atoms with Crippen LogP contribution in [0.4, 0.5) is 5.69 Å².